The lowest BCUT2D eigenvalue weighted by Gasteiger charge is -2.34. The molecule has 2 atom stereocenters. The highest BCUT2D eigenvalue weighted by molar-refractivity contribution is 6.22. The Labute approximate surface area is 221 Å². The first-order valence-corrected chi connectivity index (χ1v) is 12.8. The fourth-order valence-electron chi connectivity index (χ4n) is 5.64. The molecule has 1 fully saturated rings. The Kier molecular flexibility index (Phi) is 6.51. The normalized spacial score (nSPS) is 22.2. The SMILES string of the molecule is CC(C)(C)OC(=O)N1C(=O)[C@@](Cc2ccccc2)([C@H]2CC(=O)/C(=C/c3ccc(F)cc3)C2)c2ccccc21. The molecule has 0 unspecified atom stereocenters. The van der Waals surface area contributed by atoms with Gasteiger partial charge in [0.25, 0.3) is 0 Å². The molecule has 1 heterocycles. The van der Waals surface area contributed by atoms with Crippen molar-refractivity contribution in [1.29, 1.82) is 0 Å². The highest BCUT2D eigenvalue weighted by Crippen LogP contribution is 2.53. The third-order valence-electron chi connectivity index (χ3n) is 7.28. The van der Waals surface area contributed by atoms with Crippen LogP contribution in [0.1, 0.15) is 50.3 Å². The fourth-order valence-corrected chi connectivity index (χ4v) is 5.64. The molecule has 3 aromatic carbocycles. The molecule has 1 saturated carbocycles. The van der Waals surface area contributed by atoms with Gasteiger partial charge in [-0.05, 0) is 86.1 Å². The summed E-state index contributed by atoms with van der Waals surface area (Å²) in [5.74, 6) is -1.15. The fraction of sp³-hybridized carbons (Fsp3) is 0.281. The van der Waals surface area contributed by atoms with Crippen molar-refractivity contribution >= 4 is 29.5 Å². The van der Waals surface area contributed by atoms with Crippen molar-refractivity contribution in [3.8, 4) is 0 Å². The number of rotatable bonds is 4. The van der Waals surface area contributed by atoms with E-state index in [2.05, 4.69) is 0 Å². The van der Waals surface area contributed by atoms with E-state index in [-0.39, 0.29) is 29.8 Å². The second-order valence-corrected chi connectivity index (χ2v) is 11.0. The van der Waals surface area contributed by atoms with Crippen LogP contribution in [0.3, 0.4) is 0 Å². The van der Waals surface area contributed by atoms with E-state index < -0.39 is 17.1 Å². The standard InChI is InChI=1S/C32H30FNO4/c1-31(2,3)38-30(37)34-27-12-8-7-11-26(27)32(29(34)36,20-22-9-5-4-6-10-22)24-18-23(28(35)19-24)17-21-13-15-25(33)16-14-21/h4-17,24H,18-20H2,1-3H3/b23-17+/t24-,32+/m1/s1. The van der Waals surface area contributed by atoms with Gasteiger partial charge in [-0.25, -0.2) is 14.1 Å². The maximum absolute atomic E-state index is 14.5. The van der Waals surface area contributed by atoms with Gasteiger partial charge in [0.2, 0.25) is 5.91 Å². The number of imide groups is 1. The Morgan fingerprint density at radius 3 is 2.32 bits per heavy atom. The molecule has 0 saturated heterocycles. The number of anilines is 1. The predicted octanol–water partition coefficient (Wildman–Crippen LogP) is 6.65. The average Bonchev–Trinajstić information content (AvgIpc) is 3.35. The Morgan fingerprint density at radius 1 is 0.974 bits per heavy atom. The van der Waals surface area contributed by atoms with Crippen molar-refractivity contribution in [3.63, 3.8) is 0 Å². The summed E-state index contributed by atoms with van der Waals surface area (Å²) >= 11 is 0. The zero-order valence-electron chi connectivity index (χ0n) is 21.7. The van der Waals surface area contributed by atoms with Crippen LogP contribution in [0.2, 0.25) is 0 Å². The summed E-state index contributed by atoms with van der Waals surface area (Å²) in [4.78, 5) is 42.2. The highest BCUT2D eigenvalue weighted by atomic mass is 19.1. The summed E-state index contributed by atoms with van der Waals surface area (Å²) in [5.41, 5.74) is 1.54. The summed E-state index contributed by atoms with van der Waals surface area (Å²) in [6, 6.07) is 22.9. The summed E-state index contributed by atoms with van der Waals surface area (Å²) in [5, 5.41) is 0. The zero-order valence-corrected chi connectivity index (χ0v) is 21.7. The molecule has 5 nitrogen and oxygen atoms in total. The van der Waals surface area contributed by atoms with Gasteiger partial charge < -0.3 is 4.74 Å². The minimum atomic E-state index is -1.14. The molecule has 1 aliphatic heterocycles. The van der Waals surface area contributed by atoms with Crippen LogP contribution in [-0.4, -0.2) is 23.4 Å². The average molecular weight is 512 g/mol. The predicted molar refractivity (Wildman–Crippen MR) is 144 cm³/mol. The summed E-state index contributed by atoms with van der Waals surface area (Å²) in [6.07, 6.45) is 1.92. The van der Waals surface area contributed by atoms with Crippen molar-refractivity contribution in [3.05, 3.63) is 107 Å². The number of carbonyl (C=O) groups excluding carboxylic acids is 3. The van der Waals surface area contributed by atoms with Crippen LogP contribution in [0.4, 0.5) is 14.9 Å². The maximum atomic E-state index is 14.5. The number of ketones is 1. The molecule has 1 aliphatic carbocycles. The number of ether oxygens (including phenoxy) is 1. The van der Waals surface area contributed by atoms with E-state index in [1.54, 1.807) is 51.1 Å². The molecule has 2 aliphatic rings. The minimum absolute atomic E-state index is 0.0484. The van der Waals surface area contributed by atoms with Gasteiger partial charge in [0, 0.05) is 6.42 Å². The van der Waals surface area contributed by atoms with E-state index in [4.69, 9.17) is 4.74 Å². The van der Waals surface area contributed by atoms with Gasteiger partial charge in [-0.3, -0.25) is 9.59 Å². The summed E-state index contributed by atoms with van der Waals surface area (Å²) in [6.45, 7) is 5.28. The molecule has 0 spiro atoms. The van der Waals surface area contributed by atoms with E-state index in [0.717, 1.165) is 21.6 Å². The molecular weight excluding hydrogens is 481 g/mol. The molecule has 194 valence electrons. The number of Topliss-reactive ketones (excluding diaryl/α,β-unsaturated/α-hetero) is 1. The number of halogens is 1. The van der Waals surface area contributed by atoms with Crippen LogP contribution in [-0.2, 0) is 26.2 Å². The lowest BCUT2D eigenvalue weighted by molar-refractivity contribution is -0.125. The Bertz CT molecular complexity index is 1420. The first-order chi connectivity index (χ1) is 18.1. The molecule has 38 heavy (non-hydrogen) atoms. The van der Waals surface area contributed by atoms with Crippen LogP contribution < -0.4 is 4.90 Å². The van der Waals surface area contributed by atoms with Gasteiger partial charge in [0.05, 0.1) is 11.1 Å². The van der Waals surface area contributed by atoms with Crippen molar-refractivity contribution in [2.45, 2.75) is 51.0 Å². The smallest absolute Gasteiger partial charge is 0.421 e. The Balaban J connectivity index is 1.61. The van der Waals surface area contributed by atoms with E-state index in [9.17, 15) is 18.8 Å². The lowest BCUT2D eigenvalue weighted by Crippen LogP contribution is -2.49. The van der Waals surface area contributed by atoms with Crippen LogP contribution in [0.15, 0.2) is 84.4 Å². The third-order valence-corrected chi connectivity index (χ3v) is 7.28. The summed E-state index contributed by atoms with van der Waals surface area (Å²) in [7, 11) is 0. The van der Waals surface area contributed by atoms with Crippen molar-refractivity contribution in [2.75, 3.05) is 4.90 Å². The molecule has 2 amide bonds. The molecule has 0 radical (unpaired) electrons. The number of para-hydroxylation sites is 1. The second-order valence-electron chi connectivity index (χ2n) is 11.0. The zero-order chi connectivity index (χ0) is 27.1. The van der Waals surface area contributed by atoms with E-state index in [1.807, 2.05) is 42.5 Å². The highest BCUT2D eigenvalue weighted by Gasteiger charge is 2.59. The Morgan fingerprint density at radius 2 is 1.63 bits per heavy atom. The largest absolute Gasteiger partial charge is 0.443 e. The molecule has 0 aromatic heterocycles. The van der Waals surface area contributed by atoms with Gasteiger partial charge in [0.15, 0.2) is 5.78 Å². The topological polar surface area (TPSA) is 63.7 Å². The molecular formula is C32H30FNO4. The Hall–Kier alpha value is -4.06. The first kappa shape index (κ1) is 25.6. The van der Waals surface area contributed by atoms with E-state index in [0.29, 0.717) is 24.1 Å². The molecule has 6 heteroatoms. The van der Waals surface area contributed by atoms with Crippen LogP contribution in [0, 0.1) is 11.7 Å². The van der Waals surface area contributed by atoms with E-state index in [1.165, 1.54) is 12.1 Å². The summed E-state index contributed by atoms with van der Waals surface area (Å²) < 4.78 is 19.1. The molecule has 0 N–H and O–H groups in total. The van der Waals surface area contributed by atoms with Crippen molar-refractivity contribution < 1.29 is 23.5 Å². The first-order valence-electron chi connectivity index (χ1n) is 12.8. The number of benzene rings is 3. The molecule has 5 rings (SSSR count). The van der Waals surface area contributed by atoms with Crippen LogP contribution in [0.5, 0.6) is 0 Å². The van der Waals surface area contributed by atoms with Gasteiger partial charge in [-0.1, -0.05) is 60.7 Å². The van der Waals surface area contributed by atoms with Gasteiger partial charge in [0.1, 0.15) is 11.4 Å². The molecule has 3 aromatic rings. The minimum Gasteiger partial charge on any atom is -0.443 e. The second kappa shape index (κ2) is 9.67. The number of carbonyl (C=O) groups is 3. The quantitative estimate of drug-likeness (QED) is 0.368. The van der Waals surface area contributed by atoms with Gasteiger partial charge >= 0.3 is 6.09 Å². The monoisotopic (exact) mass is 511 g/mol. The number of nitrogens with zero attached hydrogens (tertiary/aromatic N) is 1. The molecule has 0 bridgehead atoms. The number of hydrogen-bond donors (Lipinski definition) is 0. The number of fused-ring (bicyclic) bond motifs is 1. The van der Waals surface area contributed by atoms with Crippen molar-refractivity contribution in [1.82, 2.24) is 0 Å². The maximum Gasteiger partial charge on any atom is 0.421 e. The number of amides is 2. The van der Waals surface area contributed by atoms with Gasteiger partial charge in [-0.2, -0.15) is 0 Å². The lowest BCUT2D eigenvalue weighted by atomic mass is 9.66. The van der Waals surface area contributed by atoms with Gasteiger partial charge in [-0.15, -0.1) is 0 Å². The van der Waals surface area contributed by atoms with E-state index >= 15 is 0 Å². The van der Waals surface area contributed by atoms with Crippen molar-refractivity contribution in [2.24, 2.45) is 5.92 Å². The van der Waals surface area contributed by atoms with Crippen LogP contribution in [0.25, 0.3) is 6.08 Å². The number of allylic oxidation sites excluding steroid dienone is 1. The third kappa shape index (κ3) is 4.67. The van der Waals surface area contributed by atoms with Crippen LogP contribution >= 0.6 is 0 Å². The number of hydrogen-bond acceptors (Lipinski definition) is 4.